The zero-order valence-electron chi connectivity index (χ0n) is 13.5. The second kappa shape index (κ2) is 6.77. The van der Waals surface area contributed by atoms with Gasteiger partial charge in [-0.1, -0.05) is 20.8 Å². The summed E-state index contributed by atoms with van der Waals surface area (Å²) in [6, 6.07) is 0. The summed E-state index contributed by atoms with van der Waals surface area (Å²) in [6.45, 7) is 8.64. The Kier molecular flexibility index (Phi) is 5.25. The zero-order valence-corrected chi connectivity index (χ0v) is 13.5. The zero-order chi connectivity index (χ0) is 15.5. The van der Waals surface area contributed by atoms with Crippen LogP contribution in [0.15, 0.2) is 0 Å². The Bertz CT molecular complexity index is 375. The second-order valence-corrected chi connectivity index (χ2v) is 7.20. The van der Waals surface area contributed by atoms with Crippen LogP contribution in [0.1, 0.15) is 46.5 Å². The summed E-state index contributed by atoms with van der Waals surface area (Å²) in [5.41, 5.74) is -0.338. The Hall–Kier alpha value is -1.10. The van der Waals surface area contributed by atoms with Gasteiger partial charge in [0.15, 0.2) is 0 Å². The van der Waals surface area contributed by atoms with E-state index in [2.05, 4.69) is 5.32 Å². The normalized spacial score (nSPS) is 24.1. The van der Waals surface area contributed by atoms with Gasteiger partial charge in [-0.15, -0.1) is 0 Å². The summed E-state index contributed by atoms with van der Waals surface area (Å²) in [5, 5.41) is 3.00. The maximum atomic E-state index is 12.2. The minimum atomic E-state index is -0.338. The van der Waals surface area contributed by atoms with Crippen molar-refractivity contribution < 1.29 is 14.3 Å². The third-order valence-corrected chi connectivity index (χ3v) is 4.32. The van der Waals surface area contributed by atoms with E-state index < -0.39 is 0 Å². The summed E-state index contributed by atoms with van der Waals surface area (Å²) < 4.78 is 5.51. The number of hydrogen-bond donors (Lipinski definition) is 1. The third-order valence-electron chi connectivity index (χ3n) is 4.32. The minimum Gasteiger partial charge on any atom is -0.376 e. The average molecular weight is 296 g/mol. The molecule has 0 aromatic carbocycles. The standard InChI is InChI=1S/C16H28N2O3/c1-16(2,3)15(20)18-8-6-12(7-9-18)14(19)17-11-13-5-4-10-21-13/h12-13H,4-11H2,1-3H3,(H,17,19)/t13-/m0/s1. The van der Waals surface area contributed by atoms with Gasteiger partial charge in [-0.05, 0) is 25.7 Å². The Balaban J connectivity index is 1.72. The molecule has 0 aliphatic carbocycles. The number of ether oxygens (including phenoxy) is 1. The molecule has 5 heteroatoms. The van der Waals surface area contributed by atoms with Crippen LogP contribution in [-0.2, 0) is 14.3 Å². The van der Waals surface area contributed by atoms with Crippen molar-refractivity contribution in [3.8, 4) is 0 Å². The SMILES string of the molecule is CC(C)(C)C(=O)N1CCC(C(=O)NC[C@@H]2CCCO2)CC1. The van der Waals surface area contributed by atoms with Gasteiger partial charge in [0, 0.05) is 37.6 Å². The fourth-order valence-corrected chi connectivity index (χ4v) is 2.98. The highest BCUT2D eigenvalue weighted by atomic mass is 16.5. The third kappa shape index (κ3) is 4.43. The summed E-state index contributed by atoms with van der Waals surface area (Å²) in [7, 11) is 0. The largest absolute Gasteiger partial charge is 0.376 e. The van der Waals surface area contributed by atoms with Crippen LogP contribution in [0.4, 0.5) is 0 Å². The van der Waals surface area contributed by atoms with E-state index in [4.69, 9.17) is 4.74 Å². The van der Waals surface area contributed by atoms with Crippen molar-refractivity contribution in [3.63, 3.8) is 0 Å². The number of carbonyl (C=O) groups excluding carboxylic acids is 2. The number of likely N-dealkylation sites (tertiary alicyclic amines) is 1. The number of piperidine rings is 1. The molecule has 21 heavy (non-hydrogen) atoms. The summed E-state index contributed by atoms with van der Waals surface area (Å²) in [6.07, 6.45) is 3.85. The molecule has 0 radical (unpaired) electrons. The first-order chi connectivity index (χ1) is 9.88. The molecular weight excluding hydrogens is 268 g/mol. The molecule has 2 aliphatic heterocycles. The Labute approximate surface area is 127 Å². The number of amides is 2. The van der Waals surface area contributed by atoms with E-state index in [9.17, 15) is 9.59 Å². The number of hydrogen-bond acceptors (Lipinski definition) is 3. The summed E-state index contributed by atoms with van der Waals surface area (Å²) in [4.78, 5) is 26.3. The lowest BCUT2D eigenvalue weighted by Crippen LogP contribution is -2.47. The van der Waals surface area contributed by atoms with Crippen molar-refractivity contribution in [2.75, 3.05) is 26.2 Å². The van der Waals surface area contributed by atoms with Crippen LogP contribution in [0.5, 0.6) is 0 Å². The van der Waals surface area contributed by atoms with E-state index >= 15 is 0 Å². The average Bonchev–Trinajstić information content (AvgIpc) is 2.96. The number of carbonyl (C=O) groups is 2. The fraction of sp³-hybridized carbons (Fsp3) is 0.875. The van der Waals surface area contributed by atoms with E-state index in [0.717, 1.165) is 32.3 Å². The highest BCUT2D eigenvalue weighted by Gasteiger charge is 2.32. The number of nitrogens with zero attached hydrogens (tertiary/aromatic N) is 1. The molecular formula is C16H28N2O3. The van der Waals surface area contributed by atoms with E-state index in [1.807, 2.05) is 25.7 Å². The van der Waals surface area contributed by atoms with E-state index in [-0.39, 0.29) is 29.3 Å². The van der Waals surface area contributed by atoms with Gasteiger partial charge in [0.05, 0.1) is 6.10 Å². The van der Waals surface area contributed by atoms with Crippen molar-refractivity contribution in [2.45, 2.75) is 52.6 Å². The molecule has 120 valence electrons. The number of nitrogens with one attached hydrogen (secondary N) is 1. The molecule has 0 aromatic rings. The van der Waals surface area contributed by atoms with Gasteiger partial charge in [0.2, 0.25) is 11.8 Å². The first kappa shape index (κ1) is 16.3. The van der Waals surface area contributed by atoms with Gasteiger partial charge in [0.25, 0.3) is 0 Å². The van der Waals surface area contributed by atoms with Crippen molar-refractivity contribution in [1.82, 2.24) is 10.2 Å². The van der Waals surface area contributed by atoms with Gasteiger partial charge in [-0.2, -0.15) is 0 Å². The van der Waals surface area contributed by atoms with Crippen LogP contribution in [0, 0.1) is 11.3 Å². The molecule has 5 nitrogen and oxygen atoms in total. The first-order valence-corrected chi connectivity index (χ1v) is 8.06. The molecule has 0 spiro atoms. The van der Waals surface area contributed by atoms with Crippen LogP contribution >= 0.6 is 0 Å². The molecule has 2 aliphatic rings. The van der Waals surface area contributed by atoms with Gasteiger partial charge >= 0.3 is 0 Å². The highest BCUT2D eigenvalue weighted by molar-refractivity contribution is 5.82. The van der Waals surface area contributed by atoms with Gasteiger partial charge < -0.3 is 15.0 Å². The molecule has 1 atom stereocenters. The Morgan fingerprint density at radius 2 is 1.86 bits per heavy atom. The topological polar surface area (TPSA) is 58.6 Å². The van der Waals surface area contributed by atoms with Crippen LogP contribution in [0.25, 0.3) is 0 Å². The van der Waals surface area contributed by atoms with Crippen LogP contribution in [-0.4, -0.2) is 49.1 Å². The Morgan fingerprint density at radius 3 is 2.38 bits per heavy atom. The van der Waals surface area contributed by atoms with E-state index in [0.29, 0.717) is 19.6 Å². The molecule has 0 bridgehead atoms. The quantitative estimate of drug-likeness (QED) is 0.860. The lowest BCUT2D eigenvalue weighted by atomic mass is 9.90. The highest BCUT2D eigenvalue weighted by Crippen LogP contribution is 2.23. The molecule has 2 heterocycles. The second-order valence-electron chi connectivity index (χ2n) is 7.20. The summed E-state index contributed by atoms with van der Waals surface area (Å²) in [5.74, 6) is 0.337. The molecule has 2 amide bonds. The number of rotatable bonds is 3. The van der Waals surface area contributed by atoms with Crippen molar-refractivity contribution >= 4 is 11.8 Å². The van der Waals surface area contributed by atoms with Crippen molar-refractivity contribution in [2.24, 2.45) is 11.3 Å². The molecule has 0 unspecified atom stereocenters. The molecule has 0 aromatic heterocycles. The Morgan fingerprint density at radius 1 is 1.19 bits per heavy atom. The van der Waals surface area contributed by atoms with Gasteiger partial charge in [0.1, 0.15) is 0 Å². The maximum Gasteiger partial charge on any atom is 0.227 e. The predicted molar refractivity (Wildman–Crippen MR) is 80.7 cm³/mol. The van der Waals surface area contributed by atoms with Crippen LogP contribution < -0.4 is 5.32 Å². The van der Waals surface area contributed by atoms with E-state index in [1.54, 1.807) is 0 Å². The first-order valence-electron chi connectivity index (χ1n) is 8.06. The molecule has 2 fully saturated rings. The van der Waals surface area contributed by atoms with Gasteiger partial charge in [-0.3, -0.25) is 9.59 Å². The minimum absolute atomic E-state index is 0.0374. The molecule has 1 N–H and O–H groups in total. The molecule has 2 saturated heterocycles. The van der Waals surface area contributed by atoms with E-state index in [1.165, 1.54) is 0 Å². The molecule has 2 rings (SSSR count). The smallest absolute Gasteiger partial charge is 0.227 e. The molecule has 0 saturated carbocycles. The van der Waals surface area contributed by atoms with Crippen LogP contribution in [0.2, 0.25) is 0 Å². The maximum absolute atomic E-state index is 12.2. The van der Waals surface area contributed by atoms with Crippen molar-refractivity contribution in [1.29, 1.82) is 0 Å². The monoisotopic (exact) mass is 296 g/mol. The lowest BCUT2D eigenvalue weighted by molar-refractivity contribution is -0.142. The van der Waals surface area contributed by atoms with Gasteiger partial charge in [-0.25, -0.2) is 0 Å². The van der Waals surface area contributed by atoms with Crippen LogP contribution in [0.3, 0.4) is 0 Å². The summed E-state index contributed by atoms with van der Waals surface area (Å²) >= 11 is 0. The van der Waals surface area contributed by atoms with Crippen molar-refractivity contribution in [3.05, 3.63) is 0 Å². The lowest BCUT2D eigenvalue weighted by Gasteiger charge is -2.35. The fourth-order valence-electron chi connectivity index (χ4n) is 2.98. The predicted octanol–water partition coefficient (Wildman–Crippen LogP) is 1.57.